The summed E-state index contributed by atoms with van der Waals surface area (Å²) in [5.74, 6) is 0.937. The number of urea groups is 1. The topological polar surface area (TPSA) is 85.4 Å². The van der Waals surface area contributed by atoms with E-state index >= 15 is 0 Å². The number of para-hydroxylation sites is 3. The number of hydrogen-bond acceptors (Lipinski definition) is 4. The second-order valence-electron chi connectivity index (χ2n) is 10.2. The van der Waals surface area contributed by atoms with Crippen LogP contribution in [-0.4, -0.2) is 23.7 Å². The van der Waals surface area contributed by atoms with Crippen molar-refractivity contribution in [1.82, 2.24) is 5.32 Å². The molecule has 0 radical (unpaired) electrons. The smallest absolute Gasteiger partial charge is 0.323 e. The number of carbonyl (C=O) groups is 1. The maximum absolute atomic E-state index is 12.6. The third-order valence-electron chi connectivity index (χ3n) is 8.24. The molecule has 3 atom stereocenters. The number of amides is 2. The van der Waals surface area contributed by atoms with E-state index in [9.17, 15) is 9.90 Å². The lowest BCUT2D eigenvalue weighted by Gasteiger charge is -2.56. The van der Waals surface area contributed by atoms with Crippen molar-refractivity contribution in [2.75, 3.05) is 22.5 Å². The molecule has 0 aromatic heterocycles. The predicted octanol–water partition coefficient (Wildman–Crippen LogP) is 6.13. The highest BCUT2D eigenvalue weighted by Gasteiger charge is 2.51. The molecule has 2 amide bonds. The van der Waals surface area contributed by atoms with Crippen molar-refractivity contribution < 1.29 is 9.90 Å². The molecule has 1 saturated heterocycles. The Morgan fingerprint density at radius 3 is 2.57 bits per heavy atom. The zero-order valence-electron chi connectivity index (χ0n) is 19.8. The minimum Gasteiger partial charge on any atom is -0.506 e. The molecule has 3 aliphatic rings. The maximum Gasteiger partial charge on any atom is 0.323 e. The van der Waals surface area contributed by atoms with E-state index < -0.39 is 0 Å². The Labute approximate surface area is 206 Å². The third kappa shape index (κ3) is 4.02. The number of hydrogen-bond donors (Lipinski definition) is 5. The molecule has 2 fully saturated rings. The molecule has 6 rings (SSSR count). The SMILES string of the molecule is O=C(Nc1ccccc1)Nc1ccccc1Nc1cc2c(cc1O)[C@]13CCCC[C@@H]1[C@H](C2)NCC3. The normalized spacial score (nSPS) is 24.6. The van der Waals surface area contributed by atoms with Gasteiger partial charge >= 0.3 is 6.03 Å². The molecular weight excluding hydrogens is 436 g/mol. The van der Waals surface area contributed by atoms with Gasteiger partial charge in [-0.2, -0.15) is 0 Å². The number of rotatable bonds is 4. The van der Waals surface area contributed by atoms with Crippen LogP contribution in [0.25, 0.3) is 0 Å². The number of piperidine rings is 1. The van der Waals surface area contributed by atoms with Crippen molar-refractivity contribution in [2.45, 2.75) is 50.0 Å². The van der Waals surface area contributed by atoms with Crippen molar-refractivity contribution >= 4 is 28.8 Å². The molecule has 3 aromatic rings. The Morgan fingerprint density at radius 2 is 1.71 bits per heavy atom. The first kappa shape index (κ1) is 22.0. The molecule has 5 N–H and O–H groups in total. The van der Waals surface area contributed by atoms with Gasteiger partial charge in [-0.15, -0.1) is 0 Å². The number of phenols is 1. The first-order chi connectivity index (χ1) is 17.1. The van der Waals surface area contributed by atoms with E-state index in [1.165, 1.54) is 36.8 Å². The second kappa shape index (κ2) is 8.93. The maximum atomic E-state index is 12.6. The summed E-state index contributed by atoms with van der Waals surface area (Å²) >= 11 is 0. The Morgan fingerprint density at radius 1 is 0.914 bits per heavy atom. The van der Waals surface area contributed by atoms with Gasteiger partial charge in [-0.3, -0.25) is 0 Å². The zero-order chi connectivity index (χ0) is 23.8. The quantitative estimate of drug-likeness (QED) is 0.298. The van der Waals surface area contributed by atoms with Gasteiger partial charge in [-0.25, -0.2) is 4.79 Å². The first-order valence-electron chi connectivity index (χ1n) is 12.7. The number of carbonyl (C=O) groups excluding carboxylic acids is 1. The van der Waals surface area contributed by atoms with Gasteiger partial charge in [0.05, 0.1) is 17.1 Å². The number of phenolic OH excluding ortho intramolecular Hbond substituents is 1. The summed E-state index contributed by atoms with van der Waals surface area (Å²) in [4.78, 5) is 12.6. The highest BCUT2D eigenvalue weighted by atomic mass is 16.3. The lowest BCUT2D eigenvalue weighted by molar-refractivity contribution is 0.0796. The molecule has 1 heterocycles. The van der Waals surface area contributed by atoms with Crippen LogP contribution in [0, 0.1) is 5.92 Å². The van der Waals surface area contributed by atoms with E-state index in [0.717, 1.165) is 30.8 Å². The molecular formula is C29H32N4O2. The largest absolute Gasteiger partial charge is 0.506 e. The molecule has 35 heavy (non-hydrogen) atoms. The summed E-state index contributed by atoms with van der Waals surface area (Å²) < 4.78 is 0. The molecule has 2 bridgehead atoms. The molecule has 1 saturated carbocycles. The van der Waals surface area contributed by atoms with Gasteiger partial charge in [0.25, 0.3) is 0 Å². The fraction of sp³-hybridized carbons (Fsp3) is 0.345. The van der Waals surface area contributed by atoms with Gasteiger partial charge in [0.2, 0.25) is 0 Å². The van der Waals surface area contributed by atoms with Crippen LogP contribution in [0.1, 0.15) is 43.2 Å². The van der Waals surface area contributed by atoms with Crippen molar-refractivity contribution in [3.8, 4) is 5.75 Å². The van der Waals surface area contributed by atoms with Crippen LogP contribution in [0.5, 0.6) is 5.75 Å². The van der Waals surface area contributed by atoms with E-state index in [1.54, 1.807) is 0 Å². The van der Waals surface area contributed by atoms with Gasteiger partial charge in [-0.05, 0) is 85.7 Å². The van der Waals surface area contributed by atoms with Crippen LogP contribution in [0.15, 0.2) is 66.7 Å². The minimum absolute atomic E-state index is 0.201. The first-order valence-corrected chi connectivity index (χ1v) is 12.7. The minimum atomic E-state index is -0.318. The predicted molar refractivity (Wildman–Crippen MR) is 141 cm³/mol. The van der Waals surface area contributed by atoms with Gasteiger partial charge in [0, 0.05) is 17.1 Å². The highest BCUT2D eigenvalue weighted by molar-refractivity contribution is 6.02. The average Bonchev–Trinajstić information content (AvgIpc) is 2.87. The summed E-state index contributed by atoms with van der Waals surface area (Å²) in [7, 11) is 0. The Balaban J connectivity index is 1.27. The number of aromatic hydroxyl groups is 1. The molecule has 6 nitrogen and oxygen atoms in total. The van der Waals surface area contributed by atoms with Gasteiger partial charge in [0.1, 0.15) is 5.75 Å². The van der Waals surface area contributed by atoms with E-state index in [2.05, 4.69) is 27.3 Å². The molecule has 6 heteroatoms. The second-order valence-corrected chi connectivity index (χ2v) is 10.2. The van der Waals surface area contributed by atoms with Crippen LogP contribution < -0.4 is 21.3 Å². The van der Waals surface area contributed by atoms with Crippen LogP contribution in [0.4, 0.5) is 27.5 Å². The van der Waals surface area contributed by atoms with Crippen molar-refractivity contribution in [3.05, 3.63) is 77.9 Å². The van der Waals surface area contributed by atoms with Crippen LogP contribution in [0.2, 0.25) is 0 Å². The molecule has 0 unspecified atom stereocenters. The highest BCUT2D eigenvalue weighted by Crippen LogP contribution is 2.55. The molecule has 3 aromatic carbocycles. The fourth-order valence-corrected chi connectivity index (χ4v) is 6.72. The lowest BCUT2D eigenvalue weighted by atomic mass is 9.53. The van der Waals surface area contributed by atoms with Crippen molar-refractivity contribution in [2.24, 2.45) is 5.92 Å². The van der Waals surface area contributed by atoms with E-state index in [4.69, 9.17) is 0 Å². The van der Waals surface area contributed by atoms with Gasteiger partial charge < -0.3 is 26.4 Å². The molecule has 2 aliphatic carbocycles. The standard InChI is InChI=1S/C29H32N4O2/c34-27-18-22-19(16-25-21-10-6-7-13-29(21,22)14-15-30-25)17-26(27)32-23-11-4-5-12-24(23)33-28(35)31-20-8-2-1-3-9-20/h1-5,8-9,11-12,17-18,21,25,30,32,34H,6-7,10,13-16H2,(H2,31,33,35)/t21-,25+,29+/m1/s1. The Hall–Kier alpha value is -3.51. The van der Waals surface area contributed by atoms with Crippen molar-refractivity contribution in [3.63, 3.8) is 0 Å². The van der Waals surface area contributed by atoms with E-state index in [1.807, 2.05) is 60.7 Å². The lowest BCUT2D eigenvalue weighted by Crippen LogP contribution is -2.59. The average molecular weight is 469 g/mol. The summed E-state index contributed by atoms with van der Waals surface area (Å²) in [5.41, 5.74) is 5.65. The Bertz CT molecular complexity index is 1240. The van der Waals surface area contributed by atoms with Gasteiger partial charge in [0.15, 0.2) is 0 Å². The van der Waals surface area contributed by atoms with Crippen LogP contribution >= 0.6 is 0 Å². The summed E-state index contributed by atoms with van der Waals surface area (Å²) in [5, 5.41) is 24.0. The van der Waals surface area contributed by atoms with Crippen molar-refractivity contribution in [1.29, 1.82) is 0 Å². The Kier molecular flexibility index (Phi) is 5.61. The number of fused-ring (bicyclic) bond motifs is 1. The number of anilines is 4. The van der Waals surface area contributed by atoms with Crippen LogP contribution in [0.3, 0.4) is 0 Å². The zero-order valence-corrected chi connectivity index (χ0v) is 19.8. The summed E-state index contributed by atoms with van der Waals surface area (Å²) in [6.45, 7) is 1.06. The molecule has 0 spiro atoms. The van der Waals surface area contributed by atoms with Crippen LogP contribution in [-0.2, 0) is 11.8 Å². The van der Waals surface area contributed by atoms with E-state index in [-0.39, 0.29) is 17.2 Å². The van der Waals surface area contributed by atoms with E-state index in [0.29, 0.717) is 23.3 Å². The summed E-state index contributed by atoms with van der Waals surface area (Å²) in [6.07, 6.45) is 7.23. The monoisotopic (exact) mass is 468 g/mol. The molecule has 1 aliphatic heterocycles. The van der Waals surface area contributed by atoms with Gasteiger partial charge in [-0.1, -0.05) is 43.2 Å². The third-order valence-corrected chi connectivity index (χ3v) is 8.24. The molecule has 180 valence electrons. The fourth-order valence-electron chi connectivity index (χ4n) is 6.72. The summed E-state index contributed by atoms with van der Waals surface area (Å²) in [6, 6.07) is 21.2. The number of nitrogens with one attached hydrogen (secondary N) is 4. The number of benzene rings is 3.